The fourth-order valence-electron chi connectivity index (χ4n) is 5.33. The molecule has 3 aromatic rings. The third kappa shape index (κ3) is 10.6. The summed E-state index contributed by atoms with van der Waals surface area (Å²) in [7, 11) is -2.47. The molecular weight excluding hydrogens is 687 g/mol. The molecule has 266 valence electrons. The number of benzene rings is 3. The molecule has 0 saturated carbocycles. The molecule has 7 atom stereocenters. The Kier molecular flexibility index (Phi) is 13.7. The molecule has 1 heterocycles. The van der Waals surface area contributed by atoms with Gasteiger partial charge in [0.15, 0.2) is 18.3 Å². The Hall–Kier alpha value is -3.71. The lowest BCUT2D eigenvalue weighted by Crippen LogP contribution is -2.66. The van der Waals surface area contributed by atoms with Crippen LogP contribution in [0.5, 0.6) is 0 Å². The van der Waals surface area contributed by atoms with Crippen molar-refractivity contribution in [3.8, 4) is 11.5 Å². The molecule has 0 amide bonds. The number of hydrogen-bond acceptors (Lipinski definition) is 10. The average molecular weight is 734 g/mol. The Balaban J connectivity index is 1.89. The van der Waals surface area contributed by atoms with Crippen LogP contribution in [0, 0.1) is 11.5 Å². The number of hydrogen-bond donors (Lipinski definition) is 1. The van der Waals surface area contributed by atoms with Crippen molar-refractivity contribution in [3.05, 3.63) is 108 Å². The van der Waals surface area contributed by atoms with Gasteiger partial charge in [-0.25, -0.2) is 14.4 Å². The molecule has 0 radical (unpaired) electrons. The highest BCUT2D eigenvalue weighted by molar-refractivity contribution is 7.99. The zero-order valence-electron chi connectivity index (χ0n) is 29.9. The van der Waals surface area contributed by atoms with Crippen molar-refractivity contribution in [2.45, 2.75) is 81.3 Å². The van der Waals surface area contributed by atoms with E-state index in [1.807, 2.05) is 6.26 Å². The summed E-state index contributed by atoms with van der Waals surface area (Å²) in [5.41, 5.74) is 3.51. The summed E-state index contributed by atoms with van der Waals surface area (Å²) >= 11 is 1.29. The number of thioether (sulfide) groups is 1. The van der Waals surface area contributed by atoms with E-state index >= 15 is 0 Å². The predicted octanol–water partition coefficient (Wildman–Crippen LogP) is 6.26. The van der Waals surface area contributed by atoms with Gasteiger partial charge < -0.3 is 28.4 Å². The van der Waals surface area contributed by atoms with Crippen molar-refractivity contribution in [1.29, 1.82) is 0 Å². The Labute approximate surface area is 302 Å². The second-order valence-electron chi connectivity index (χ2n) is 14.1. The van der Waals surface area contributed by atoms with E-state index in [0.29, 0.717) is 11.1 Å². The summed E-state index contributed by atoms with van der Waals surface area (Å²) in [4.78, 5) is 44.9. The van der Waals surface area contributed by atoms with Gasteiger partial charge in [0.05, 0.1) is 22.7 Å². The van der Waals surface area contributed by atoms with Crippen molar-refractivity contribution >= 4 is 46.9 Å². The molecule has 0 spiro atoms. The predicted molar refractivity (Wildman–Crippen MR) is 201 cm³/mol. The molecule has 0 bridgehead atoms. The Bertz CT molecular complexity index is 1640. The van der Waals surface area contributed by atoms with Crippen molar-refractivity contribution in [3.63, 3.8) is 0 Å². The van der Waals surface area contributed by atoms with E-state index in [4.69, 9.17) is 23.4 Å². The van der Waals surface area contributed by atoms with Crippen LogP contribution < -0.4 is 4.98 Å². The first-order valence-electron chi connectivity index (χ1n) is 16.5. The maximum absolute atomic E-state index is 13.8. The Morgan fingerprint density at radius 3 is 1.56 bits per heavy atom. The molecule has 1 aliphatic heterocycles. The van der Waals surface area contributed by atoms with Gasteiger partial charge in [0.25, 0.3) is 9.20 Å². The normalized spacial score (nSPS) is 21.9. The first-order chi connectivity index (χ1) is 23.7. The van der Waals surface area contributed by atoms with Crippen LogP contribution in [0.1, 0.15) is 51.8 Å². The highest BCUT2D eigenvalue weighted by atomic mass is 32.2. The van der Waals surface area contributed by atoms with Crippen molar-refractivity contribution < 1.29 is 37.8 Å². The molecule has 1 fully saturated rings. The van der Waals surface area contributed by atoms with Crippen LogP contribution in [0.15, 0.2) is 91.0 Å². The zero-order chi connectivity index (χ0) is 36.5. The summed E-state index contributed by atoms with van der Waals surface area (Å²) in [6.07, 6.45) is -2.85. The van der Waals surface area contributed by atoms with Crippen LogP contribution in [0.2, 0.25) is 24.7 Å². The van der Waals surface area contributed by atoms with Gasteiger partial charge in [-0.1, -0.05) is 101 Å². The van der Waals surface area contributed by atoms with Gasteiger partial charge in [-0.05, 0) is 47.7 Å². The summed E-state index contributed by atoms with van der Waals surface area (Å²) < 4.78 is 31.5. The SMILES string of the molecule is CO[Si@H](N[C@H](C#C[Si](C)(C)C)[C@H]1OC(SC)[C@H](OC(=O)c2ccccc2)C(OC(=O)c2ccccc2)C1OC(=O)c1ccccc1)C(C)(C)C. The number of rotatable bonds is 11. The van der Waals surface area contributed by atoms with Gasteiger partial charge >= 0.3 is 17.9 Å². The van der Waals surface area contributed by atoms with E-state index in [0.717, 1.165) is 0 Å². The summed E-state index contributed by atoms with van der Waals surface area (Å²) in [6, 6.07) is 24.8. The number of esters is 3. The second-order valence-corrected chi connectivity index (χ2v) is 23.0. The third-order valence-corrected chi connectivity index (χ3v) is 12.3. The lowest BCUT2D eigenvalue weighted by Gasteiger charge is -2.46. The largest absolute Gasteiger partial charge is 0.452 e. The van der Waals surface area contributed by atoms with Gasteiger partial charge in [-0.2, -0.15) is 0 Å². The lowest BCUT2D eigenvalue weighted by atomic mass is 9.94. The van der Waals surface area contributed by atoms with E-state index in [-0.39, 0.29) is 10.6 Å². The maximum Gasteiger partial charge on any atom is 0.338 e. The van der Waals surface area contributed by atoms with Crippen LogP contribution in [0.3, 0.4) is 0 Å². The molecule has 1 aliphatic rings. The molecule has 0 aromatic heterocycles. The van der Waals surface area contributed by atoms with Crippen molar-refractivity contribution in [1.82, 2.24) is 4.98 Å². The number of carbonyl (C=O) groups excluding carboxylic acids is 3. The minimum atomic E-state index is -2.20. The monoisotopic (exact) mass is 733 g/mol. The fourth-order valence-corrected chi connectivity index (χ4v) is 8.58. The van der Waals surface area contributed by atoms with E-state index in [1.54, 1.807) is 98.1 Å². The molecule has 1 N–H and O–H groups in total. The fraction of sp³-hybridized carbons (Fsp3) is 0.395. The van der Waals surface area contributed by atoms with E-state index in [1.165, 1.54) is 11.8 Å². The van der Waals surface area contributed by atoms with Gasteiger partial charge in [-0.3, -0.25) is 0 Å². The third-order valence-electron chi connectivity index (χ3n) is 7.81. The van der Waals surface area contributed by atoms with Gasteiger partial charge in [0.2, 0.25) is 0 Å². The van der Waals surface area contributed by atoms with Crippen molar-refractivity contribution in [2.24, 2.45) is 0 Å². The molecule has 12 heteroatoms. The van der Waals surface area contributed by atoms with E-state index < -0.39 is 71.1 Å². The van der Waals surface area contributed by atoms with Gasteiger partial charge in [0, 0.05) is 7.11 Å². The summed E-state index contributed by atoms with van der Waals surface area (Å²) in [5, 5.41) is -0.232. The molecule has 1 saturated heterocycles. The first-order valence-corrected chi connectivity index (χ1v) is 22.9. The summed E-state index contributed by atoms with van der Waals surface area (Å²) in [5.74, 6) is 1.45. The van der Waals surface area contributed by atoms with Crippen molar-refractivity contribution in [2.75, 3.05) is 13.4 Å². The minimum Gasteiger partial charge on any atom is -0.452 e. The number of carbonyl (C=O) groups is 3. The molecule has 3 unspecified atom stereocenters. The molecular formula is C38H47NO8SSi2. The Morgan fingerprint density at radius 2 is 1.18 bits per heavy atom. The smallest absolute Gasteiger partial charge is 0.338 e. The highest BCUT2D eigenvalue weighted by Gasteiger charge is 2.55. The highest BCUT2D eigenvalue weighted by Crippen LogP contribution is 2.36. The average Bonchev–Trinajstić information content (AvgIpc) is 3.10. The van der Waals surface area contributed by atoms with Crippen LogP contribution in [0.4, 0.5) is 0 Å². The second kappa shape index (κ2) is 17.5. The van der Waals surface area contributed by atoms with Crippen LogP contribution in [-0.2, 0) is 23.4 Å². The first kappa shape index (κ1) is 39.1. The van der Waals surface area contributed by atoms with E-state index in [9.17, 15) is 14.4 Å². The van der Waals surface area contributed by atoms with E-state index in [2.05, 4.69) is 56.9 Å². The van der Waals surface area contributed by atoms with Crippen LogP contribution in [0.25, 0.3) is 0 Å². The number of nitrogens with one attached hydrogen (secondary N) is 1. The zero-order valence-corrected chi connectivity index (χ0v) is 32.8. The standard InChI is InChI=1S/C38H47NO8SSi2/c1-38(2,3)49(43-4)39-29(24-25-50(6,7)8)30-31(44-34(40)26-18-12-9-13-19-26)32(45-35(41)27-20-14-10-15-21-27)33(37(47-30)48-5)46-36(42)28-22-16-11-17-23-28/h9-23,29-33,37,39,49H,1-8H3/t29-,30-,31?,32?,33-,37?,49+/m1/s1. The molecule has 9 nitrogen and oxygen atoms in total. The van der Waals surface area contributed by atoms with Crippen LogP contribution >= 0.6 is 11.8 Å². The minimum absolute atomic E-state index is 0.232. The van der Waals surface area contributed by atoms with Crippen LogP contribution in [-0.4, -0.2) is 84.4 Å². The number of ether oxygens (including phenoxy) is 4. The molecule has 0 aliphatic carbocycles. The lowest BCUT2D eigenvalue weighted by molar-refractivity contribution is -0.202. The maximum atomic E-state index is 13.8. The molecule has 4 rings (SSSR count). The van der Waals surface area contributed by atoms with Gasteiger partial charge in [-0.15, -0.1) is 17.3 Å². The topological polar surface area (TPSA) is 109 Å². The molecule has 3 aromatic carbocycles. The molecule has 50 heavy (non-hydrogen) atoms. The Morgan fingerprint density at radius 1 is 0.760 bits per heavy atom. The quantitative estimate of drug-likeness (QED) is 0.105. The van der Waals surface area contributed by atoms with Gasteiger partial charge in [0.1, 0.15) is 19.6 Å². The summed E-state index contributed by atoms with van der Waals surface area (Å²) in [6.45, 7) is 12.7.